The zero-order valence-corrected chi connectivity index (χ0v) is 19.8. The number of hydrogen-bond donors (Lipinski definition) is 0. The van der Waals surface area contributed by atoms with Crippen molar-refractivity contribution in [2.75, 3.05) is 6.23 Å². The molecular formula is C21H30O9Si. The van der Waals surface area contributed by atoms with Crippen molar-refractivity contribution in [3.8, 4) is 11.5 Å². The molecule has 9 nitrogen and oxygen atoms in total. The second-order valence-corrected chi connectivity index (χ2v) is 10.2. The Labute approximate surface area is 183 Å². The van der Waals surface area contributed by atoms with E-state index in [0.717, 1.165) is 39.2 Å². The number of carbonyl (C=O) groups excluding carboxylic acids is 3. The second-order valence-electron chi connectivity index (χ2n) is 7.98. The summed E-state index contributed by atoms with van der Waals surface area (Å²) >= 11 is 0. The SMILES string of the molecule is CC(=O)O[Si](COc1ccc2c(c1)COC(C)(CCC(C)C)O2)(OC(C)=O)OC(C)=O. The molecule has 0 fully saturated rings. The van der Waals surface area contributed by atoms with Crippen LogP contribution in [-0.4, -0.2) is 38.7 Å². The minimum Gasteiger partial charge on any atom is -0.485 e. The summed E-state index contributed by atoms with van der Waals surface area (Å²) in [5.74, 6) is -1.35. The molecular weight excluding hydrogens is 424 g/mol. The molecule has 31 heavy (non-hydrogen) atoms. The molecule has 0 aromatic heterocycles. The molecule has 0 saturated carbocycles. The van der Waals surface area contributed by atoms with Gasteiger partial charge < -0.3 is 27.5 Å². The Bertz CT molecular complexity index is 782. The van der Waals surface area contributed by atoms with Gasteiger partial charge in [0.05, 0.1) is 6.61 Å². The maximum Gasteiger partial charge on any atom is 0.745 e. The van der Waals surface area contributed by atoms with Gasteiger partial charge in [0.15, 0.2) is 6.23 Å². The Balaban J connectivity index is 2.14. The van der Waals surface area contributed by atoms with Crippen LogP contribution < -0.4 is 9.47 Å². The highest BCUT2D eigenvalue weighted by Gasteiger charge is 2.53. The predicted molar refractivity (Wildman–Crippen MR) is 111 cm³/mol. The lowest BCUT2D eigenvalue weighted by Crippen LogP contribution is -2.54. The van der Waals surface area contributed by atoms with E-state index in [9.17, 15) is 14.4 Å². The van der Waals surface area contributed by atoms with E-state index in [1.807, 2.05) is 6.92 Å². The highest BCUT2D eigenvalue weighted by molar-refractivity contribution is 6.65. The average molecular weight is 455 g/mol. The Hall–Kier alpha value is -2.59. The molecule has 10 heteroatoms. The highest BCUT2D eigenvalue weighted by Crippen LogP contribution is 2.36. The molecule has 172 valence electrons. The first-order valence-corrected chi connectivity index (χ1v) is 12.0. The molecule has 1 atom stereocenters. The molecule has 1 aliphatic rings. The summed E-state index contributed by atoms with van der Waals surface area (Å²) < 4.78 is 33.0. The van der Waals surface area contributed by atoms with E-state index >= 15 is 0 Å². The topological polar surface area (TPSA) is 107 Å². The average Bonchev–Trinajstić information content (AvgIpc) is 2.63. The number of carbonyl (C=O) groups is 3. The number of fused-ring (bicyclic) bond motifs is 1. The van der Waals surface area contributed by atoms with Gasteiger partial charge in [0.1, 0.15) is 11.5 Å². The zero-order valence-electron chi connectivity index (χ0n) is 18.8. The summed E-state index contributed by atoms with van der Waals surface area (Å²) in [5.41, 5.74) is 0.777. The molecule has 2 rings (SSSR count). The summed E-state index contributed by atoms with van der Waals surface area (Å²) in [6.07, 6.45) is 1.32. The normalized spacial score (nSPS) is 17.9. The molecule has 0 radical (unpaired) electrons. The number of benzene rings is 1. The third-order valence-electron chi connectivity index (χ3n) is 4.38. The van der Waals surface area contributed by atoms with E-state index in [2.05, 4.69) is 13.8 Å². The maximum absolute atomic E-state index is 11.5. The molecule has 1 aliphatic heterocycles. The van der Waals surface area contributed by atoms with Crippen LogP contribution in [0.5, 0.6) is 11.5 Å². The van der Waals surface area contributed by atoms with E-state index in [4.69, 9.17) is 27.5 Å². The van der Waals surface area contributed by atoms with E-state index in [1.165, 1.54) is 0 Å². The van der Waals surface area contributed by atoms with Gasteiger partial charge >= 0.3 is 8.80 Å². The lowest BCUT2D eigenvalue weighted by molar-refractivity contribution is -0.199. The van der Waals surface area contributed by atoms with Gasteiger partial charge in [0.2, 0.25) is 5.79 Å². The third-order valence-corrected chi connectivity index (χ3v) is 6.67. The molecule has 1 aromatic rings. The van der Waals surface area contributed by atoms with Crippen molar-refractivity contribution >= 4 is 26.7 Å². The van der Waals surface area contributed by atoms with Crippen molar-refractivity contribution in [2.24, 2.45) is 5.92 Å². The van der Waals surface area contributed by atoms with Crippen LogP contribution in [-0.2, 0) is 39.0 Å². The van der Waals surface area contributed by atoms with Crippen LogP contribution in [0.15, 0.2) is 18.2 Å². The Kier molecular flexibility index (Phi) is 8.07. The molecule has 0 spiro atoms. The van der Waals surface area contributed by atoms with Crippen LogP contribution in [0.1, 0.15) is 59.9 Å². The van der Waals surface area contributed by atoms with Crippen LogP contribution in [0.3, 0.4) is 0 Å². The summed E-state index contributed by atoms with van der Waals surface area (Å²) in [6.45, 7) is 9.92. The Morgan fingerprint density at radius 2 is 1.65 bits per heavy atom. The lowest BCUT2D eigenvalue weighted by Gasteiger charge is -2.36. The van der Waals surface area contributed by atoms with E-state index in [-0.39, 0.29) is 0 Å². The van der Waals surface area contributed by atoms with Gasteiger partial charge in [-0.15, -0.1) is 0 Å². The highest BCUT2D eigenvalue weighted by atomic mass is 28.4. The van der Waals surface area contributed by atoms with Crippen LogP contribution in [0.4, 0.5) is 0 Å². The Morgan fingerprint density at radius 3 is 2.16 bits per heavy atom. The van der Waals surface area contributed by atoms with Gasteiger partial charge in [-0.25, -0.2) is 0 Å². The minimum absolute atomic E-state index is 0.335. The maximum atomic E-state index is 11.5. The van der Waals surface area contributed by atoms with E-state index < -0.39 is 38.7 Å². The van der Waals surface area contributed by atoms with Crippen LogP contribution >= 0.6 is 0 Å². The molecule has 1 unspecified atom stereocenters. The monoisotopic (exact) mass is 454 g/mol. The van der Waals surface area contributed by atoms with Gasteiger partial charge in [-0.3, -0.25) is 14.4 Å². The first kappa shape index (κ1) is 24.7. The molecule has 1 aromatic carbocycles. The summed E-state index contributed by atoms with van der Waals surface area (Å²) in [4.78, 5) is 34.6. The van der Waals surface area contributed by atoms with Crippen LogP contribution in [0, 0.1) is 5.92 Å². The third kappa shape index (κ3) is 7.55. The quantitative estimate of drug-likeness (QED) is 0.519. The molecule has 0 N–H and O–H groups in total. The summed E-state index contributed by atoms with van der Waals surface area (Å²) in [7, 11) is -4.08. The van der Waals surface area contributed by atoms with Gasteiger partial charge in [-0.2, -0.15) is 0 Å². The largest absolute Gasteiger partial charge is 0.745 e. The van der Waals surface area contributed by atoms with E-state index in [1.54, 1.807) is 18.2 Å². The van der Waals surface area contributed by atoms with Crippen LogP contribution in [0.25, 0.3) is 0 Å². The fourth-order valence-corrected chi connectivity index (χ4v) is 4.96. The number of ether oxygens (including phenoxy) is 3. The van der Waals surface area contributed by atoms with Gasteiger partial charge in [0.25, 0.3) is 17.9 Å². The second kappa shape index (κ2) is 10.1. The van der Waals surface area contributed by atoms with Crippen molar-refractivity contribution in [1.29, 1.82) is 0 Å². The minimum atomic E-state index is -4.08. The van der Waals surface area contributed by atoms with Crippen LogP contribution in [0.2, 0.25) is 0 Å². The summed E-state index contributed by atoms with van der Waals surface area (Å²) in [6, 6.07) is 5.14. The van der Waals surface area contributed by atoms with Crippen molar-refractivity contribution < 1.29 is 41.9 Å². The fourth-order valence-electron chi connectivity index (χ4n) is 3.00. The van der Waals surface area contributed by atoms with Crippen molar-refractivity contribution in [3.63, 3.8) is 0 Å². The van der Waals surface area contributed by atoms with Gasteiger partial charge in [-0.05, 0) is 30.5 Å². The molecule has 0 aliphatic carbocycles. The lowest BCUT2D eigenvalue weighted by atomic mass is 10.0. The fraction of sp³-hybridized carbons (Fsp3) is 0.571. The zero-order chi connectivity index (χ0) is 23.2. The molecule has 0 amide bonds. The summed E-state index contributed by atoms with van der Waals surface area (Å²) in [5, 5.41) is 0. The molecule has 0 saturated heterocycles. The standard InChI is InChI=1S/C21H30O9Si/c1-14(2)9-10-21(6)26-12-18-11-19(7-8-20(18)27-21)25-13-31(28-15(3)22,29-16(4)23)30-17(5)24/h7-8,11,14H,9-10,12-13H2,1-6H3. The first-order valence-electron chi connectivity index (χ1n) is 10.1. The van der Waals surface area contributed by atoms with Crippen molar-refractivity contribution in [1.82, 2.24) is 0 Å². The number of hydrogen-bond acceptors (Lipinski definition) is 9. The first-order chi connectivity index (χ1) is 14.4. The predicted octanol–water partition coefficient (Wildman–Crippen LogP) is 3.29. The Morgan fingerprint density at radius 1 is 1.06 bits per heavy atom. The molecule has 0 bridgehead atoms. The van der Waals surface area contributed by atoms with E-state index in [0.29, 0.717) is 24.0 Å². The number of rotatable bonds is 9. The van der Waals surface area contributed by atoms with Crippen molar-refractivity contribution in [3.05, 3.63) is 23.8 Å². The smallest absolute Gasteiger partial charge is 0.485 e. The molecule has 1 heterocycles. The van der Waals surface area contributed by atoms with Gasteiger partial charge in [0, 0.05) is 39.7 Å². The van der Waals surface area contributed by atoms with Crippen molar-refractivity contribution in [2.45, 2.75) is 66.8 Å². The van der Waals surface area contributed by atoms with Gasteiger partial charge in [-0.1, -0.05) is 13.8 Å².